The first-order valence-electron chi connectivity index (χ1n) is 8.84. The van der Waals surface area contributed by atoms with Crippen molar-refractivity contribution in [2.24, 2.45) is 5.92 Å². The number of nitrogens with one attached hydrogen (secondary N) is 2. The van der Waals surface area contributed by atoms with Gasteiger partial charge in [0.25, 0.3) is 5.91 Å². The molecule has 0 bridgehead atoms. The van der Waals surface area contributed by atoms with E-state index in [2.05, 4.69) is 24.5 Å². The first-order valence-corrected chi connectivity index (χ1v) is 9.22. The van der Waals surface area contributed by atoms with Crippen molar-refractivity contribution >= 4 is 23.4 Å². The quantitative estimate of drug-likeness (QED) is 0.723. The smallest absolute Gasteiger partial charge is 0.253 e. The van der Waals surface area contributed by atoms with Gasteiger partial charge in [0.05, 0.1) is 23.0 Å². The normalized spacial score (nSPS) is 11.8. The Morgan fingerprint density at radius 3 is 2.31 bits per heavy atom. The fraction of sp³-hybridized carbons (Fsp3) is 0.333. The number of amides is 2. The van der Waals surface area contributed by atoms with E-state index in [-0.39, 0.29) is 18.2 Å². The van der Waals surface area contributed by atoms with Crippen molar-refractivity contribution in [3.05, 3.63) is 70.7 Å². The third-order valence-corrected chi connectivity index (χ3v) is 4.39. The van der Waals surface area contributed by atoms with Gasteiger partial charge < -0.3 is 10.6 Å². The lowest BCUT2D eigenvalue weighted by Gasteiger charge is -2.19. The van der Waals surface area contributed by atoms with Crippen LogP contribution in [-0.4, -0.2) is 18.4 Å². The first kappa shape index (κ1) is 20.0. The molecule has 0 aliphatic heterocycles. The molecule has 2 rings (SSSR count). The van der Waals surface area contributed by atoms with Gasteiger partial charge >= 0.3 is 0 Å². The lowest BCUT2D eigenvalue weighted by Crippen LogP contribution is -2.34. The topological polar surface area (TPSA) is 58.2 Å². The molecule has 0 heterocycles. The minimum absolute atomic E-state index is 0.0843. The molecule has 0 fully saturated rings. The summed E-state index contributed by atoms with van der Waals surface area (Å²) in [4.78, 5) is 24.9. The molecular formula is C21H25ClN2O2. The fourth-order valence-corrected chi connectivity index (χ4v) is 2.80. The van der Waals surface area contributed by atoms with Crippen molar-refractivity contribution in [3.8, 4) is 0 Å². The van der Waals surface area contributed by atoms with Gasteiger partial charge in [-0.15, -0.1) is 0 Å². The Kier molecular flexibility index (Phi) is 7.67. The van der Waals surface area contributed by atoms with Gasteiger partial charge in [-0.3, -0.25) is 9.59 Å². The van der Waals surface area contributed by atoms with E-state index < -0.39 is 6.04 Å². The molecule has 138 valence electrons. The van der Waals surface area contributed by atoms with E-state index in [0.717, 1.165) is 12.0 Å². The molecule has 0 aromatic heterocycles. The summed E-state index contributed by atoms with van der Waals surface area (Å²) >= 11 is 6.11. The Morgan fingerprint density at radius 2 is 1.65 bits per heavy atom. The third-order valence-electron chi connectivity index (χ3n) is 4.06. The molecule has 4 nitrogen and oxygen atoms in total. The summed E-state index contributed by atoms with van der Waals surface area (Å²) in [5.74, 6) is 0.151. The largest absolute Gasteiger partial charge is 0.356 e. The highest BCUT2D eigenvalue weighted by Crippen LogP contribution is 2.20. The van der Waals surface area contributed by atoms with Gasteiger partial charge in [0, 0.05) is 6.54 Å². The van der Waals surface area contributed by atoms with Crippen LogP contribution in [0.4, 0.5) is 0 Å². The Bertz CT molecular complexity index is 732. The van der Waals surface area contributed by atoms with E-state index in [4.69, 9.17) is 11.6 Å². The summed E-state index contributed by atoms with van der Waals surface area (Å²) < 4.78 is 0. The van der Waals surface area contributed by atoms with Crippen LogP contribution < -0.4 is 10.6 Å². The second-order valence-corrected chi connectivity index (χ2v) is 7.06. The highest BCUT2D eigenvalue weighted by atomic mass is 35.5. The molecule has 0 aliphatic carbocycles. The Hall–Kier alpha value is -2.33. The van der Waals surface area contributed by atoms with Crippen molar-refractivity contribution in [2.75, 3.05) is 6.54 Å². The molecule has 1 unspecified atom stereocenters. The van der Waals surface area contributed by atoms with Crippen LogP contribution in [0.2, 0.25) is 5.02 Å². The third kappa shape index (κ3) is 6.19. The van der Waals surface area contributed by atoms with Crippen LogP contribution >= 0.6 is 11.6 Å². The number of hydrogen-bond acceptors (Lipinski definition) is 2. The van der Waals surface area contributed by atoms with Crippen LogP contribution in [0.3, 0.4) is 0 Å². The lowest BCUT2D eigenvalue weighted by molar-refractivity contribution is -0.121. The zero-order chi connectivity index (χ0) is 18.9. The average Bonchev–Trinajstić information content (AvgIpc) is 2.62. The molecule has 0 aliphatic rings. The molecule has 2 aromatic rings. The monoisotopic (exact) mass is 372 g/mol. The number of halogens is 1. The fourth-order valence-electron chi connectivity index (χ4n) is 2.58. The zero-order valence-electron chi connectivity index (χ0n) is 15.2. The van der Waals surface area contributed by atoms with Gasteiger partial charge in [0.2, 0.25) is 5.91 Å². The summed E-state index contributed by atoms with van der Waals surface area (Å²) in [5, 5.41) is 6.25. The van der Waals surface area contributed by atoms with Crippen LogP contribution in [0, 0.1) is 5.92 Å². The summed E-state index contributed by atoms with van der Waals surface area (Å²) in [6.45, 7) is 4.86. The maximum Gasteiger partial charge on any atom is 0.253 e. The number of carbonyl (C=O) groups excluding carboxylic acids is 2. The lowest BCUT2D eigenvalue weighted by atomic mass is 10.0. The van der Waals surface area contributed by atoms with Crippen molar-refractivity contribution in [1.29, 1.82) is 0 Å². The highest BCUT2D eigenvalue weighted by molar-refractivity contribution is 6.33. The molecular weight excluding hydrogens is 348 g/mol. The minimum atomic E-state index is -0.418. The molecule has 2 amide bonds. The Labute approximate surface area is 159 Å². The highest BCUT2D eigenvalue weighted by Gasteiger charge is 2.20. The van der Waals surface area contributed by atoms with Crippen LogP contribution in [0.5, 0.6) is 0 Å². The van der Waals surface area contributed by atoms with Crippen LogP contribution in [0.25, 0.3) is 0 Å². The number of rotatable bonds is 8. The second-order valence-electron chi connectivity index (χ2n) is 6.65. The molecule has 2 N–H and O–H groups in total. The van der Waals surface area contributed by atoms with Gasteiger partial charge in [-0.05, 0) is 30.0 Å². The predicted molar refractivity (Wildman–Crippen MR) is 105 cm³/mol. The second kappa shape index (κ2) is 9.97. The predicted octanol–water partition coefficient (Wildman–Crippen LogP) is 4.36. The van der Waals surface area contributed by atoms with Crippen LogP contribution in [0.15, 0.2) is 54.6 Å². The molecule has 26 heavy (non-hydrogen) atoms. The maximum absolute atomic E-state index is 12.6. The SMILES string of the molecule is CC(C)CCNC(=O)CC(NC(=O)c1ccccc1Cl)c1ccccc1. The summed E-state index contributed by atoms with van der Waals surface area (Å²) in [7, 11) is 0. The van der Waals surface area contributed by atoms with Gasteiger partial charge in [0.15, 0.2) is 0 Å². The van der Waals surface area contributed by atoms with Gasteiger partial charge in [-0.1, -0.05) is 67.9 Å². The number of hydrogen-bond donors (Lipinski definition) is 2. The number of benzene rings is 2. The van der Waals surface area contributed by atoms with Crippen molar-refractivity contribution in [2.45, 2.75) is 32.7 Å². The standard InChI is InChI=1S/C21H25ClN2O2/c1-15(2)12-13-23-20(25)14-19(16-8-4-3-5-9-16)24-21(26)17-10-6-7-11-18(17)22/h3-11,15,19H,12-14H2,1-2H3,(H,23,25)(H,24,26). The Morgan fingerprint density at radius 1 is 1.00 bits per heavy atom. The first-order chi connectivity index (χ1) is 12.5. The molecule has 0 saturated heterocycles. The van der Waals surface area contributed by atoms with Gasteiger partial charge in [-0.2, -0.15) is 0 Å². The van der Waals surface area contributed by atoms with E-state index in [1.807, 2.05) is 30.3 Å². The maximum atomic E-state index is 12.6. The molecule has 0 saturated carbocycles. The molecule has 2 aromatic carbocycles. The summed E-state index contributed by atoms with van der Waals surface area (Å²) in [5.41, 5.74) is 1.28. The van der Waals surface area contributed by atoms with Gasteiger partial charge in [-0.25, -0.2) is 0 Å². The van der Waals surface area contributed by atoms with E-state index in [1.165, 1.54) is 0 Å². The van der Waals surface area contributed by atoms with E-state index in [1.54, 1.807) is 24.3 Å². The summed E-state index contributed by atoms with van der Waals surface area (Å²) in [6.07, 6.45) is 1.10. The molecule has 0 spiro atoms. The number of carbonyl (C=O) groups is 2. The average molecular weight is 373 g/mol. The van der Waals surface area contributed by atoms with Crippen molar-refractivity contribution in [3.63, 3.8) is 0 Å². The van der Waals surface area contributed by atoms with Gasteiger partial charge in [0.1, 0.15) is 0 Å². The van der Waals surface area contributed by atoms with E-state index >= 15 is 0 Å². The molecule has 0 radical (unpaired) electrons. The van der Waals surface area contributed by atoms with Crippen LogP contribution in [-0.2, 0) is 4.79 Å². The summed E-state index contributed by atoms with van der Waals surface area (Å²) in [6, 6.07) is 15.9. The zero-order valence-corrected chi connectivity index (χ0v) is 15.9. The van der Waals surface area contributed by atoms with E-state index in [0.29, 0.717) is 23.0 Å². The van der Waals surface area contributed by atoms with Crippen molar-refractivity contribution in [1.82, 2.24) is 10.6 Å². The van der Waals surface area contributed by atoms with E-state index in [9.17, 15) is 9.59 Å². The molecule has 5 heteroatoms. The molecule has 1 atom stereocenters. The Balaban J connectivity index is 2.08. The minimum Gasteiger partial charge on any atom is -0.356 e. The van der Waals surface area contributed by atoms with Crippen molar-refractivity contribution < 1.29 is 9.59 Å². The van der Waals surface area contributed by atoms with Crippen LogP contribution in [0.1, 0.15) is 48.7 Å².